The van der Waals surface area contributed by atoms with Gasteiger partial charge < -0.3 is 5.32 Å². The number of likely N-dealkylation sites (N-methyl/N-ethyl adjacent to an activating group) is 1. The molecule has 1 aromatic carbocycles. The van der Waals surface area contributed by atoms with Gasteiger partial charge in [-0.1, -0.05) is 12.1 Å². The molecule has 13 heavy (non-hydrogen) atoms. The zero-order valence-corrected chi connectivity index (χ0v) is 8.39. The highest BCUT2D eigenvalue weighted by Gasteiger charge is 2.07. The Morgan fingerprint density at radius 3 is 2.69 bits per heavy atom. The molecule has 1 nitrogen and oxygen atoms in total. The Balaban J connectivity index is 2.87. The fourth-order valence-electron chi connectivity index (χ4n) is 1.33. The number of aryl methyl sites for hydroxylation is 1. The van der Waals surface area contributed by atoms with Crippen LogP contribution in [-0.4, -0.2) is 13.1 Å². The molecule has 0 spiro atoms. The number of rotatable bonds is 3. The summed E-state index contributed by atoms with van der Waals surface area (Å²) in [6.45, 7) is 3.99. The molecule has 72 valence electrons. The van der Waals surface area contributed by atoms with Gasteiger partial charge in [0, 0.05) is 6.04 Å². The smallest absolute Gasteiger partial charge is 0.126 e. The lowest BCUT2D eigenvalue weighted by Crippen LogP contribution is -2.24. The van der Waals surface area contributed by atoms with Crippen molar-refractivity contribution in [2.24, 2.45) is 0 Å². The van der Waals surface area contributed by atoms with Crippen molar-refractivity contribution in [2.75, 3.05) is 7.05 Å². The molecule has 1 unspecified atom stereocenters. The monoisotopic (exact) mass is 181 g/mol. The third-order valence-corrected chi connectivity index (χ3v) is 2.36. The Kier molecular flexibility index (Phi) is 3.43. The van der Waals surface area contributed by atoms with Crippen molar-refractivity contribution >= 4 is 0 Å². The summed E-state index contributed by atoms with van der Waals surface area (Å²) >= 11 is 0. The van der Waals surface area contributed by atoms with Gasteiger partial charge in [-0.05, 0) is 44.5 Å². The van der Waals surface area contributed by atoms with Gasteiger partial charge in [-0.2, -0.15) is 0 Å². The summed E-state index contributed by atoms with van der Waals surface area (Å²) < 4.78 is 13.3. The van der Waals surface area contributed by atoms with Gasteiger partial charge >= 0.3 is 0 Å². The normalized spacial score (nSPS) is 12.9. The van der Waals surface area contributed by atoms with Crippen LogP contribution in [0, 0.1) is 12.7 Å². The van der Waals surface area contributed by atoms with Gasteiger partial charge in [0.1, 0.15) is 5.82 Å². The van der Waals surface area contributed by atoms with Gasteiger partial charge in [0.05, 0.1) is 0 Å². The molecule has 0 amide bonds. The van der Waals surface area contributed by atoms with Crippen molar-refractivity contribution < 1.29 is 4.39 Å². The van der Waals surface area contributed by atoms with Crippen molar-refractivity contribution in [1.29, 1.82) is 0 Å². The molecule has 0 aliphatic carbocycles. The van der Waals surface area contributed by atoms with E-state index in [4.69, 9.17) is 0 Å². The molecule has 0 saturated heterocycles. The van der Waals surface area contributed by atoms with E-state index in [1.165, 1.54) is 6.07 Å². The van der Waals surface area contributed by atoms with Crippen LogP contribution in [0.25, 0.3) is 0 Å². The average Bonchev–Trinajstić information content (AvgIpc) is 2.11. The van der Waals surface area contributed by atoms with Gasteiger partial charge in [-0.15, -0.1) is 0 Å². The number of benzene rings is 1. The van der Waals surface area contributed by atoms with Crippen LogP contribution in [0.4, 0.5) is 4.39 Å². The van der Waals surface area contributed by atoms with Crippen LogP contribution in [0.5, 0.6) is 0 Å². The van der Waals surface area contributed by atoms with Crippen LogP contribution < -0.4 is 5.32 Å². The summed E-state index contributed by atoms with van der Waals surface area (Å²) in [5.74, 6) is -0.0953. The molecule has 0 heterocycles. The predicted molar refractivity (Wildman–Crippen MR) is 53.4 cm³/mol. The van der Waals surface area contributed by atoms with E-state index in [-0.39, 0.29) is 5.82 Å². The van der Waals surface area contributed by atoms with Gasteiger partial charge in [-0.25, -0.2) is 4.39 Å². The van der Waals surface area contributed by atoms with E-state index < -0.39 is 0 Å². The van der Waals surface area contributed by atoms with Crippen LogP contribution in [0.15, 0.2) is 18.2 Å². The lowest BCUT2D eigenvalue weighted by Gasteiger charge is -2.12. The largest absolute Gasteiger partial charge is 0.317 e. The highest BCUT2D eigenvalue weighted by molar-refractivity contribution is 5.27. The topological polar surface area (TPSA) is 12.0 Å². The van der Waals surface area contributed by atoms with Crippen molar-refractivity contribution in [3.63, 3.8) is 0 Å². The van der Waals surface area contributed by atoms with E-state index in [2.05, 4.69) is 5.32 Å². The Hall–Kier alpha value is -0.890. The van der Waals surface area contributed by atoms with Crippen LogP contribution in [0.1, 0.15) is 18.1 Å². The van der Waals surface area contributed by atoms with Gasteiger partial charge in [0.2, 0.25) is 0 Å². The lowest BCUT2D eigenvalue weighted by atomic mass is 10.0. The van der Waals surface area contributed by atoms with Gasteiger partial charge in [0.15, 0.2) is 0 Å². The molecule has 2 heteroatoms. The van der Waals surface area contributed by atoms with E-state index >= 15 is 0 Å². The van der Waals surface area contributed by atoms with E-state index in [0.717, 1.165) is 17.5 Å². The highest BCUT2D eigenvalue weighted by Crippen LogP contribution is 2.14. The number of nitrogens with one attached hydrogen (secondary N) is 1. The standard InChI is InChI=1S/C11H16FN/c1-8-5-4-6-11(12)10(8)7-9(2)13-3/h4-6,9,13H,7H2,1-3H3. The Labute approximate surface area is 79.0 Å². The molecule has 1 atom stereocenters. The number of hydrogen-bond donors (Lipinski definition) is 1. The van der Waals surface area contributed by atoms with Crippen molar-refractivity contribution in [2.45, 2.75) is 26.3 Å². The maximum atomic E-state index is 13.3. The first-order valence-corrected chi connectivity index (χ1v) is 4.56. The SMILES string of the molecule is CNC(C)Cc1c(C)cccc1F. The highest BCUT2D eigenvalue weighted by atomic mass is 19.1. The average molecular weight is 181 g/mol. The first-order valence-electron chi connectivity index (χ1n) is 4.56. The second kappa shape index (κ2) is 4.38. The minimum atomic E-state index is -0.0953. The molecule has 1 rings (SSSR count). The first-order chi connectivity index (χ1) is 6.15. The molecule has 0 bridgehead atoms. The molecule has 0 aromatic heterocycles. The fraction of sp³-hybridized carbons (Fsp3) is 0.455. The maximum Gasteiger partial charge on any atom is 0.126 e. The molecule has 1 aromatic rings. The Morgan fingerprint density at radius 2 is 2.15 bits per heavy atom. The van der Waals surface area contributed by atoms with Crippen LogP contribution in [-0.2, 0) is 6.42 Å². The molecule has 0 fully saturated rings. The Morgan fingerprint density at radius 1 is 1.46 bits per heavy atom. The van der Waals surface area contributed by atoms with Gasteiger partial charge in [-0.3, -0.25) is 0 Å². The molecule has 0 radical (unpaired) electrons. The van der Waals surface area contributed by atoms with E-state index in [1.54, 1.807) is 6.07 Å². The maximum absolute atomic E-state index is 13.3. The van der Waals surface area contributed by atoms with Crippen LogP contribution >= 0.6 is 0 Å². The summed E-state index contributed by atoms with van der Waals surface area (Å²) in [4.78, 5) is 0. The molecule has 1 N–H and O–H groups in total. The fourth-order valence-corrected chi connectivity index (χ4v) is 1.33. The Bertz CT molecular complexity index is 263. The quantitative estimate of drug-likeness (QED) is 0.754. The predicted octanol–water partition coefficient (Wildman–Crippen LogP) is 2.28. The number of halogens is 1. The van der Waals surface area contributed by atoms with Crippen molar-refractivity contribution in [1.82, 2.24) is 5.32 Å². The molecule has 0 saturated carbocycles. The summed E-state index contributed by atoms with van der Waals surface area (Å²) in [6, 6.07) is 5.53. The summed E-state index contributed by atoms with van der Waals surface area (Å²) in [5, 5.41) is 3.10. The second-order valence-corrected chi connectivity index (χ2v) is 3.43. The lowest BCUT2D eigenvalue weighted by molar-refractivity contribution is 0.562. The second-order valence-electron chi connectivity index (χ2n) is 3.43. The molecular formula is C11H16FN. The third-order valence-electron chi connectivity index (χ3n) is 2.36. The zero-order valence-electron chi connectivity index (χ0n) is 8.39. The first kappa shape index (κ1) is 10.2. The van der Waals surface area contributed by atoms with E-state index in [0.29, 0.717) is 6.04 Å². The summed E-state index contributed by atoms with van der Waals surface area (Å²) in [6.07, 6.45) is 0.745. The van der Waals surface area contributed by atoms with E-state index in [1.807, 2.05) is 27.0 Å². The molecule has 0 aliphatic rings. The van der Waals surface area contributed by atoms with Crippen molar-refractivity contribution in [3.05, 3.63) is 35.1 Å². The minimum absolute atomic E-state index is 0.0953. The van der Waals surface area contributed by atoms with Gasteiger partial charge in [0.25, 0.3) is 0 Å². The van der Waals surface area contributed by atoms with Crippen LogP contribution in [0.3, 0.4) is 0 Å². The van der Waals surface area contributed by atoms with E-state index in [9.17, 15) is 4.39 Å². The van der Waals surface area contributed by atoms with Crippen LogP contribution in [0.2, 0.25) is 0 Å². The summed E-state index contributed by atoms with van der Waals surface area (Å²) in [5.41, 5.74) is 1.85. The summed E-state index contributed by atoms with van der Waals surface area (Å²) in [7, 11) is 1.89. The molecular weight excluding hydrogens is 165 g/mol. The minimum Gasteiger partial charge on any atom is -0.317 e. The van der Waals surface area contributed by atoms with Crippen molar-refractivity contribution in [3.8, 4) is 0 Å². The number of hydrogen-bond acceptors (Lipinski definition) is 1. The zero-order chi connectivity index (χ0) is 9.84. The molecule has 0 aliphatic heterocycles. The third kappa shape index (κ3) is 2.52.